The molecule has 1 fully saturated rings. The summed E-state index contributed by atoms with van der Waals surface area (Å²) in [5.41, 5.74) is -1.74. The van der Waals surface area contributed by atoms with Gasteiger partial charge in [0.15, 0.2) is 0 Å². The van der Waals surface area contributed by atoms with Crippen LogP contribution in [0.3, 0.4) is 0 Å². The number of aliphatic carboxylic acids is 1. The molecular weight excluding hydrogens is 213 g/mol. The number of hydrogen-bond acceptors (Lipinski definition) is 2. The first-order chi connectivity index (χ1) is 7.40. The lowest BCUT2D eigenvalue weighted by Crippen LogP contribution is -2.39. The lowest BCUT2D eigenvalue weighted by Gasteiger charge is -2.17. The van der Waals surface area contributed by atoms with Gasteiger partial charge >= 0.3 is 5.97 Å². The monoisotopic (exact) mass is 229 g/mol. The number of allylic oxidation sites excluding steroid dienone is 1. The van der Waals surface area contributed by atoms with Gasteiger partial charge < -0.3 is 10.0 Å². The smallest absolute Gasteiger partial charge is 0.343 e. The van der Waals surface area contributed by atoms with Crippen LogP contribution in [0.25, 0.3) is 0 Å². The molecule has 1 rings (SSSR count). The van der Waals surface area contributed by atoms with E-state index in [4.69, 9.17) is 5.11 Å². The van der Waals surface area contributed by atoms with Crippen molar-refractivity contribution < 1.29 is 19.1 Å². The molecule has 16 heavy (non-hydrogen) atoms. The summed E-state index contributed by atoms with van der Waals surface area (Å²) in [5.74, 6) is -1.76. The highest BCUT2D eigenvalue weighted by Gasteiger charge is 2.46. The molecule has 1 aliphatic rings. The average molecular weight is 229 g/mol. The largest absolute Gasteiger partial charge is 0.479 e. The Morgan fingerprint density at radius 3 is 2.62 bits per heavy atom. The van der Waals surface area contributed by atoms with Gasteiger partial charge in [-0.3, -0.25) is 4.79 Å². The highest BCUT2D eigenvalue weighted by atomic mass is 19.1. The third kappa shape index (κ3) is 2.40. The first-order valence-corrected chi connectivity index (χ1v) is 5.29. The van der Waals surface area contributed by atoms with Crippen molar-refractivity contribution in [2.24, 2.45) is 0 Å². The average Bonchev–Trinajstić information content (AvgIpc) is 2.61. The van der Waals surface area contributed by atoms with Crippen molar-refractivity contribution in [3.05, 3.63) is 11.6 Å². The van der Waals surface area contributed by atoms with E-state index in [1.807, 2.05) is 6.92 Å². The molecule has 90 valence electrons. The number of carboxylic acids is 1. The van der Waals surface area contributed by atoms with Gasteiger partial charge in [-0.05, 0) is 13.3 Å². The van der Waals surface area contributed by atoms with E-state index in [-0.39, 0.29) is 25.4 Å². The predicted molar refractivity (Wildman–Crippen MR) is 56.7 cm³/mol. The van der Waals surface area contributed by atoms with Gasteiger partial charge in [0.1, 0.15) is 0 Å². The van der Waals surface area contributed by atoms with Gasteiger partial charge in [-0.15, -0.1) is 0 Å². The summed E-state index contributed by atoms with van der Waals surface area (Å²) in [5, 5.41) is 8.69. The van der Waals surface area contributed by atoms with Gasteiger partial charge in [-0.25, -0.2) is 9.18 Å². The Kier molecular flexibility index (Phi) is 3.67. The molecule has 0 radical (unpaired) electrons. The van der Waals surface area contributed by atoms with Crippen LogP contribution in [0.5, 0.6) is 0 Å². The topological polar surface area (TPSA) is 57.6 Å². The Labute approximate surface area is 93.7 Å². The molecule has 0 saturated carbocycles. The fourth-order valence-corrected chi connectivity index (χ4v) is 1.76. The van der Waals surface area contributed by atoms with Gasteiger partial charge in [0.25, 0.3) is 0 Å². The molecule has 0 aromatic rings. The van der Waals surface area contributed by atoms with E-state index in [0.29, 0.717) is 5.57 Å². The van der Waals surface area contributed by atoms with E-state index in [2.05, 4.69) is 0 Å². The molecule has 1 saturated heterocycles. The van der Waals surface area contributed by atoms with E-state index in [1.165, 1.54) is 4.90 Å². The van der Waals surface area contributed by atoms with Gasteiger partial charge in [0, 0.05) is 18.5 Å². The van der Waals surface area contributed by atoms with Crippen LogP contribution < -0.4 is 0 Å². The first kappa shape index (κ1) is 12.7. The third-order valence-corrected chi connectivity index (χ3v) is 2.74. The summed E-state index contributed by atoms with van der Waals surface area (Å²) >= 11 is 0. The van der Waals surface area contributed by atoms with Crippen LogP contribution in [0.4, 0.5) is 4.39 Å². The van der Waals surface area contributed by atoms with Crippen molar-refractivity contribution in [1.82, 2.24) is 4.90 Å². The molecule has 0 aliphatic carbocycles. The number of rotatable bonds is 3. The normalized spacial score (nSPS) is 25.9. The van der Waals surface area contributed by atoms with Gasteiger partial charge in [-0.2, -0.15) is 0 Å². The van der Waals surface area contributed by atoms with Crippen LogP contribution in [-0.4, -0.2) is 40.6 Å². The van der Waals surface area contributed by atoms with Crippen LogP contribution >= 0.6 is 0 Å². The fourth-order valence-electron chi connectivity index (χ4n) is 1.76. The second-order valence-corrected chi connectivity index (χ2v) is 4.04. The van der Waals surface area contributed by atoms with Crippen LogP contribution in [0.1, 0.15) is 26.7 Å². The minimum Gasteiger partial charge on any atom is -0.479 e. The molecule has 1 aliphatic heterocycles. The van der Waals surface area contributed by atoms with Crippen LogP contribution in [0.15, 0.2) is 11.6 Å². The molecule has 5 heteroatoms. The minimum absolute atomic E-state index is 0.131. The molecule has 1 N–H and O–H groups in total. The Bertz CT molecular complexity index is 340. The maximum Gasteiger partial charge on any atom is 0.343 e. The third-order valence-electron chi connectivity index (χ3n) is 2.74. The van der Waals surface area contributed by atoms with Crippen LogP contribution in [0, 0.1) is 0 Å². The highest BCUT2D eigenvalue weighted by Crippen LogP contribution is 2.26. The zero-order valence-electron chi connectivity index (χ0n) is 9.49. The standard InChI is InChI=1S/C11H16FNO3/c1-3-4-8(2)9(14)13-6-5-11(12,7-13)10(15)16/h4H,3,5-7H2,1-2H3,(H,15,16)/b8-4-. The van der Waals surface area contributed by atoms with Crippen molar-refractivity contribution in [2.45, 2.75) is 32.4 Å². The molecular formula is C11H16FNO3. The summed E-state index contributed by atoms with van der Waals surface area (Å²) in [6.07, 6.45) is 2.35. The maximum atomic E-state index is 13.7. The number of alkyl halides is 1. The number of nitrogens with zero attached hydrogens (tertiary/aromatic N) is 1. The molecule has 1 atom stereocenters. The molecule has 0 bridgehead atoms. The van der Waals surface area contributed by atoms with E-state index < -0.39 is 11.6 Å². The summed E-state index contributed by atoms with van der Waals surface area (Å²) in [6.45, 7) is 3.37. The molecule has 4 nitrogen and oxygen atoms in total. The fraction of sp³-hybridized carbons (Fsp3) is 0.636. The van der Waals surface area contributed by atoms with E-state index in [1.54, 1.807) is 13.0 Å². The van der Waals surface area contributed by atoms with Crippen LogP contribution in [0.2, 0.25) is 0 Å². The zero-order valence-corrected chi connectivity index (χ0v) is 9.49. The predicted octanol–water partition coefficient (Wildman–Crippen LogP) is 1.37. The first-order valence-electron chi connectivity index (χ1n) is 5.29. The summed E-state index contributed by atoms with van der Waals surface area (Å²) < 4.78 is 13.7. The van der Waals surface area contributed by atoms with Gasteiger partial charge in [0.05, 0.1) is 6.54 Å². The number of likely N-dealkylation sites (tertiary alicyclic amines) is 1. The number of carboxylic acid groups (broad SMARTS) is 1. The van der Waals surface area contributed by atoms with Crippen molar-refractivity contribution in [3.8, 4) is 0 Å². The van der Waals surface area contributed by atoms with Gasteiger partial charge in [-0.1, -0.05) is 13.0 Å². The minimum atomic E-state index is -2.28. The Balaban J connectivity index is 2.70. The number of carbonyl (C=O) groups is 2. The summed E-state index contributed by atoms with van der Waals surface area (Å²) in [6, 6.07) is 0. The molecule has 1 amide bonds. The Hall–Kier alpha value is -1.39. The number of carbonyl (C=O) groups excluding carboxylic acids is 1. The second-order valence-electron chi connectivity index (χ2n) is 4.04. The Morgan fingerprint density at radius 1 is 1.56 bits per heavy atom. The quantitative estimate of drug-likeness (QED) is 0.743. The molecule has 1 unspecified atom stereocenters. The van der Waals surface area contributed by atoms with Crippen molar-refractivity contribution >= 4 is 11.9 Å². The lowest BCUT2D eigenvalue weighted by atomic mass is 10.1. The zero-order chi connectivity index (χ0) is 12.3. The van der Waals surface area contributed by atoms with Crippen molar-refractivity contribution in [3.63, 3.8) is 0 Å². The maximum absolute atomic E-state index is 13.7. The number of halogens is 1. The van der Waals surface area contributed by atoms with E-state index in [9.17, 15) is 14.0 Å². The molecule has 1 heterocycles. The van der Waals surface area contributed by atoms with E-state index >= 15 is 0 Å². The van der Waals surface area contributed by atoms with Crippen molar-refractivity contribution in [1.29, 1.82) is 0 Å². The molecule has 0 aromatic heterocycles. The lowest BCUT2D eigenvalue weighted by molar-refractivity contribution is -0.150. The SMILES string of the molecule is CC/C=C(/C)C(=O)N1CCC(F)(C(=O)O)C1. The molecule has 0 spiro atoms. The molecule has 0 aromatic carbocycles. The van der Waals surface area contributed by atoms with Crippen LogP contribution in [-0.2, 0) is 9.59 Å². The Morgan fingerprint density at radius 2 is 2.19 bits per heavy atom. The summed E-state index contributed by atoms with van der Waals surface area (Å²) in [7, 11) is 0. The number of hydrogen-bond donors (Lipinski definition) is 1. The van der Waals surface area contributed by atoms with E-state index in [0.717, 1.165) is 6.42 Å². The summed E-state index contributed by atoms with van der Waals surface area (Å²) in [4.78, 5) is 23.7. The van der Waals surface area contributed by atoms with Gasteiger partial charge in [0.2, 0.25) is 11.6 Å². The highest BCUT2D eigenvalue weighted by molar-refractivity contribution is 5.94. The number of amides is 1. The van der Waals surface area contributed by atoms with Crippen molar-refractivity contribution in [2.75, 3.05) is 13.1 Å². The second kappa shape index (κ2) is 4.63.